The molecule has 0 saturated heterocycles. The molecule has 0 spiro atoms. The molecule has 5 nitrogen and oxygen atoms in total. The predicted molar refractivity (Wildman–Crippen MR) is 92.2 cm³/mol. The van der Waals surface area contributed by atoms with Gasteiger partial charge in [0.1, 0.15) is 5.75 Å². The van der Waals surface area contributed by atoms with Gasteiger partial charge >= 0.3 is 5.97 Å². The summed E-state index contributed by atoms with van der Waals surface area (Å²) in [6.07, 6.45) is -1.79. The Morgan fingerprint density at radius 3 is 2.38 bits per heavy atom. The maximum atomic E-state index is 12.1. The fourth-order valence-electron chi connectivity index (χ4n) is 1.88. The first kappa shape index (κ1) is 17.8. The molecule has 0 aliphatic carbocycles. The Bertz CT molecular complexity index is 705. The van der Waals surface area contributed by atoms with Crippen molar-refractivity contribution in [2.45, 2.75) is 26.1 Å². The molecule has 0 radical (unpaired) electrons. The number of rotatable bonds is 6. The number of benzene rings is 2. The standard InChI is InChI=1S/C18H18ClNO4/c1-12(17(21)20-15-8-6-7-14(19)11-15)24-18(22)13(2)23-16-9-4-3-5-10-16/h3-13H,1-2H3,(H,20,21)/t12-,13+/m0/s1. The van der Waals surface area contributed by atoms with Gasteiger partial charge in [-0.1, -0.05) is 35.9 Å². The van der Waals surface area contributed by atoms with Gasteiger partial charge in [0.25, 0.3) is 5.91 Å². The van der Waals surface area contributed by atoms with Crippen molar-refractivity contribution in [1.82, 2.24) is 0 Å². The lowest BCUT2D eigenvalue weighted by Crippen LogP contribution is -2.35. The van der Waals surface area contributed by atoms with E-state index in [4.69, 9.17) is 21.1 Å². The van der Waals surface area contributed by atoms with Gasteiger partial charge in [0.2, 0.25) is 0 Å². The highest BCUT2D eigenvalue weighted by Gasteiger charge is 2.23. The van der Waals surface area contributed by atoms with Gasteiger partial charge in [-0.05, 0) is 44.2 Å². The van der Waals surface area contributed by atoms with Crippen molar-refractivity contribution in [1.29, 1.82) is 0 Å². The molecule has 0 aliphatic heterocycles. The molecule has 1 N–H and O–H groups in total. The van der Waals surface area contributed by atoms with Crippen LogP contribution in [-0.2, 0) is 14.3 Å². The van der Waals surface area contributed by atoms with E-state index >= 15 is 0 Å². The highest BCUT2D eigenvalue weighted by molar-refractivity contribution is 6.30. The Balaban J connectivity index is 1.87. The SMILES string of the molecule is C[C@H](OC(=O)[C@@H](C)Oc1ccccc1)C(=O)Nc1cccc(Cl)c1. The number of esters is 1. The number of hydrogen-bond donors (Lipinski definition) is 1. The van der Waals surface area contributed by atoms with Crippen LogP contribution >= 0.6 is 11.6 Å². The molecule has 126 valence electrons. The van der Waals surface area contributed by atoms with Crippen LogP contribution in [-0.4, -0.2) is 24.1 Å². The summed E-state index contributed by atoms with van der Waals surface area (Å²) < 4.78 is 10.6. The van der Waals surface area contributed by atoms with Crippen LogP contribution in [0.2, 0.25) is 5.02 Å². The van der Waals surface area contributed by atoms with Crippen LogP contribution < -0.4 is 10.1 Å². The Hall–Kier alpha value is -2.53. The smallest absolute Gasteiger partial charge is 0.347 e. The van der Waals surface area contributed by atoms with Crippen LogP contribution in [0.15, 0.2) is 54.6 Å². The highest BCUT2D eigenvalue weighted by Crippen LogP contribution is 2.16. The molecule has 0 aliphatic rings. The van der Waals surface area contributed by atoms with Gasteiger partial charge in [-0.3, -0.25) is 4.79 Å². The number of para-hydroxylation sites is 1. The minimum Gasteiger partial charge on any atom is -0.479 e. The molecule has 2 aromatic rings. The van der Waals surface area contributed by atoms with Crippen molar-refractivity contribution < 1.29 is 19.1 Å². The highest BCUT2D eigenvalue weighted by atomic mass is 35.5. The van der Waals surface area contributed by atoms with E-state index in [1.807, 2.05) is 6.07 Å². The van der Waals surface area contributed by atoms with Crippen molar-refractivity contribution in [3.8, 4) is 5.75 Å². The summed E-state index contributed by atoms with van der Waals surface area (Å²) in [5.74, 6) is -0.511. The van der Waals surface area contributed by atoms with Crippen LogP contribution in [0, 0.1) is 0 Å². The van der Waals surface area contributed by atoms with Gasteiger partial charge in [-0.2, -0.15) is 0 Å². The Labute approximate surface area is 145 Å². The van der Waals surface area contributed by atoms with Crippen molar-refractivity contribution in [3.63, 3.8) is 0 Å². The number of carbonyl (C=O) groups excluding carboxylic acids is 2. The first-order valence-electron chi connectivity index (χ1n) is 7.44. The number of carbonyl (C=O) groups is 2. The second-order valence-corrected chi connectivity index (χ2v) is 5.59. The summed E-state index contributed by atoms with van der Waals surface area (Å²) in [5.41, 5.74) is 0.531. The molecule has 0 unspecified atom stereocenters. The number of ether oxygens (including phenoxy) is 2. The summed E-state index contributed by atoms with van der Waals surface area (Å²) >= 11 is 5.86. The number of anilines is 1. The molecule has 2 rings (SSSR count). The monoisotopic (exact) mass is 347 g/mol. The fourth-order valence-corrected chi connectivity index (χ4v) is 2.08. The van der Waals surface area contributed by atoms with Crippen LogP contribution in [0.3, 0.4) is 0 Å². The minimum atomic E-state index is -0.960. The number of amides is 1. The molecule has 0 aromatic heterocycles. The third-order valence-corrected chi connectivity index (χ3v) is 3.38. The Morgan fingerprint density at radius 2 is 1.71 bits per heavy atom. The maximum absolute atomic E-state index is 12.1. The normalized spacial score (nSPS) is 12.8. The third-order valence-electron chi connectivity index (χ3n) is 3.14. The summed E-state index contributed by atoms with van der Waals surface area (Å²) in [7, 11) is 0. The van der Waals surface area contributed by atoms with E-state index in [9.17, 15) is 9.59 Å². The molecule has 2 aromatic carbocycles. The van der Waals surface area contributed by atoms with Crippen molar-refractivity contribution in [2.75, 3.05) is 5.32 Å². The molecule has 0 saturated carbocycles. The number of hydrogen-bond acceptors (Lipinski definition) is 4. The van der Waals surface area contributed by atoms with E-state index in [1.165, 1.54) is 6.92 Å². The van der Waals surface area contributed by atoms with Crippen molar-refractivity contribution in [3.05, 3.63) is 59.6 Å². The number of halogens is 1. The zero-order valence-electron chi connectivity index (χ0n) is 13.4. The topological polar surface area (TPSA) is 64.6 Å². The third kappa shape index (κ3) is 5.28. The summed E-state index contributed by atoms with van der Waals surface area (Å²) in [6, 6.07) is 15.6. The van der Waals surface area contributed by atoms with Crippen molar-refractivity contribution >= 4 is 29.2 Å². The van der Waals surface area contributed by atoms with E-state index < -0.39 is 24.1 Å². The van der Waals surface area contributed by atoms with E-state index in [1.54, 1.807) is 55.5 Å². The average molecular weight is 348 g/mol. The second kappa shape index (κ2) is 8.36. The lowest BCUT2D eigenvalue weighted by Gasteiger charge is -2.17. The summed E-state index contributed by atoms with van der Waals surface area (Å²) in [4.78, 5) is 24.1. The van der Waals surface area contributed by atoms with Gasteiger partial charge in [-0.25, -0.2) is 4.79 Å². The van der Waals surface area contributed by atoms with Crippen LogP contribution in [0.4, 0.5) is 5.69 Å². The predicted octanol–water partition coefficient (Wildman–Crippen LogP) is 3.68. The van der Waals surface area contributed by atoms with Gasteiger partial charge in [-0.15, -0.1) is 0 Å². The lowest BCUT2D eigenvalue weighted by molar-refractivity contribution is -0.159. The zero-order chi connectivity index (χ0) is 17.5. The lowest BCUT2D eigenvalue weighted by atomic mass is 10.3. The summed E-state index contributed by atoms with van der Waals surface area (Å²) in [5, 5.41) is 3.14. The zero-order valence-corrected chi connectivity index (χ0v) is 14.1. The Morgan fingerprint density at radius 1 is 1.00 bits per heavy atom. The van der Waals surface area contributed by atoms with E-state index in [0.717, 1.165) is 0 Å². The van der Waals surface area contributed by atoms with E-state index in [0.29, 0.717) is 16.5 Å². The van der Waals surface area contributed by atoms with Crippen LogP contribution in [0.5, 0.6) is 5.75 Å². The fraction of sp³-hybridized carbons (Fsp3) is 0.222. The largest absolute Gasteiger partial charge is 0.479 e. The molecule has 0 fully saturated rings. The molecule has 24 heavy (non-hydrogen) atoms. The average Bonchev–Trinajstić information content (AvgIpc) is 2.55. The second-order valence-electron chi connectivity index (χ2n) is 5.15. The molecule has 1 amide bonds. The quantitative estimate of drug-likeness (QED) is 0.810. The van der Waals surface area contributed by atoms with E-state index in [2.05, 4.69) is 5.32 Å². The Kier molecular flexibility index (Phi) is 6.21. The molecule has 0 heterocycles. The molecular weight excluding hydrogens is 330 g/mol. The van der Waals surface area contributed by atoms with Crippen LogP contribution in [0.1, 0.15) is 13.8 Å². The molecule has 0 bridgehead atoms. The van der Waals surface area contributed by atoms with Gasteiger partial charge < -0.3 is 14.8 Å². The molecule has 2 atom stereocenters. The van der Waals surface area contributed by atoms with Crippen LogP contribution in [0.25, 0.3) is 0 Å². The first-order chi connectivity index (χ1) is 11.5. The minimum absolute atomic E-state index is 0.447. The van der Waals surface area contributed by atoms with Gasteiger partial charge in [0.15, 0.2) is 12.2 Å². The van der Waals surface area contributed by atoms with Gasteiger partial charge in [0.05, 0.1) is 0 Å². The molecule has 6 heteroatoms. The van der Waals surface area contributed by atoms with Gasteiger partial charge in [0, 0.05) is 10.7 Å². The van der Waals surface area contributed by atoms with E-state index in [-0.39, 0.29) is 0 Å². The summed E-state index contributed by atoms with van der Waals surface area (Å²) in [6.45, 7) is 3.06. The first-order valence-corrected chi connectivity index (χ1v) is 7.82. The van der Waals surface area contributed by atoms with Crippen molar-refractivity contribution in [2.24, 2.45) is 0 Å². The molecular formula is C18H18ClNO4. The maximum Gasteiger partial charge on any atom is 0.347 e. The number of nitrogens with one attached hydrogen (secondary N) is 1.